The van der Waals surface area contributed by atoms with E-state index < -0.39 is 0 Å². The highest BCUT2D eigenvalue weighted by Crippen LogP contribution is 2.47. The summed E-state index contributed by atoms with van der Waals surface area (Å²) in [6.07, 6.45) is 1.87. The Bertz CT molecular complexity index is 480. The zero-order valence-electron chi connectivity index (χ0n) is 8.27. The number of carbonyl (C=O) groups excluding carboxylic acids is 1. The Balaban J connectivity index is 2.28. The van der Waals surface area contributed by atoms with E-state index in [2.05, 4.69) is 0 Å². The lowest BCUT2D eigenvalue weighted by molar-refractivity contribution is -0.133. The number of carbonyl (C=O) groups is 1. The van der Waals surface area contributed by atoms with E-state index in [9.17, 15) is 4.79 Å². The van der Waals surface area contributed by atoms with Crippen molar-refractivity contribution in [3.8, 4) is 0 Å². The highest BCUT2D eigenvalue weighted by atomic mass is 35.5. The number of hydrogen-bond donors (Lipinski definition) is 0. The Morgan fingerprint density at radius 1 is 1.27 bits per heavy atom. The quantitative estimate of drug-likeness (QED) is 0.656. The second-order valence-electron chi connectivity index (χ2n) is 4.01. The third kappa shape index (κ3) is 1.03. The minimum Gasteiger partial charge on any atom is -0.333 e. The van der Waals surface area contributed by atoms with Gasteiger partial charge in [-0.25, -0.2) is 0 Å². The highest BCUT2D eigenvalue weighted by molar-refractivity contribution is 6.31. The first kappa shape index (κ1) is 8.98. The van der Waals surface area contributed by atoms with Crippen LogP contribution in [0.3, 0.4) is 0 Å². The Morgan fingerprint density at radius 2 is 1.93 bits per heavy atom. The molecule has 0 aromatic heterocycles. The molecule has 2 atom stereocenters. The molecular weight excluding hydrogens is 210 g/mol. The van der Waals surface area contributed by atoms with Gasteiger partial charge >= 0.3 is 0 Å². The molecular formula is C12H10ClNO. The van der Waals surface area contributed by atoms with Crippen molar-refractivity contribution in [3.63, 3.8) is 0 Å². The van der Waals surface area contributed by atoms with Crippen LogP contribution in [0.4, 0.5) is 0 Å². The van der Waals surface area contributed by atoms with Crippen molar-refractivity contribution in [2.45, 2.75) is 12.0 Å². The lowest BCUT2D eigenvalue weighted by Crippen LogP contribution is -2.43. The van der Waals surface area contributed by atoms with Gasteiger partial charge in [0.2, 0.25) is 5.91 Å². The van der Waals surface area contributed by atoms with Crippen molar-refractivity contribution in [3.05, 3.63) is 46.5 Å². The van der Waals surface area contributed by atoms with Gasteiger partial charge in [-0.3, -0.25) is 4.79 Å². The number of benzene rings is 1. The molecule has 3 aliphatic rings. The molecule has 0 radical (unpaired) electrons. The van der Waals surface area contributed by atoms with Gasteiger partial charge < -0.3 is 4.90 Å². The van der Waals surface area contributed by atoms with E-state index in [4.69, 9.17) is 11.6 Å². The number of amides is 1. The summed E-state index contributed by atoms with van der Waals surface area (Å²) < 4.78 is 0. The van der Waals surface area contributed by atoms with Crippen molar-refractivity contribution in [2.75, 3.05) is 7.05 Å². The number of fused-ring (bicyclic) bond motifs is 1. The summed E-state index contributed by atoms with van der Waals surface area (Å²) in [6.45, 7) is 0. The van der Waals surface area contributed by atoms with E-state index in [1.807, 2.05) is 37.4 Å². The average Bonchev–Trinajstić information content (AvgIpc) is 2.24. The van der Waals surface area contributed by atoms with E-state index in [0.29, 0.717) is 0 Å². The monoisotopic (exact) mass is 219 g/mol. The van der Waals surface area contributed by atoms with Crippen LogP contribution in [0.1, 0.15) is 23.1 Å². The van der Waals surface area contributed by atoms with Crippen LogP contribution in [0.15, 0.2) is 35.4 Å². The van der Waals surface area contributed by atoms with E-state index in [0.717, 1.165) is 16.2 Å². The molecule has 2 unspecified atom stereocenters. The Kier molecular flexibility index (Phi) is 1.71. The molecule has 0 saturated carbocycles. The van der Waals surface area contributed by atoms with Crippen LogP contribution in [0, 0.1) is 0 Å². The first-order chi connectivity index (χ1) is 7.20. The van der Waals surface area contributed by atoms with E-state index in [-0.39, 0.29) is 17.9 Å². The summed E-state index contributed by atoms with van der Waals surface area (Å²) in [6, 6.07) is 7.94. The summed E-state index contributed by atoms with van der Waals surface area (Å²) in [7, 11) is 1.81. The second-order valence-corrected chi connectivity index (χ2v) is 4.45. The number of halogens is 1. The van der Waals surface area contributed by atoms with Crippen molar-refractivity contribution >= 4 is 17.5 Å². The van der Waals surface area contributed by atoms with Gasteiger partial charge in [0.1, 0.15) is 0 Å². The number of hydrogen-bond acceptors (Lipinski definition) is 1. The summed E-state index contributed by atoms with van der Waals surface area (Å²) >= 11 is 6.17. The zero-order valence-corrected chi connectivity index (χ0v) is 9.03. The lowest BCUT2D eigenvalue weighted by atomic mass is 9.79. The largest absolute Gasteiger partial charge is 0.333 e. The van der Waals surface area contributed by atoms with E-state index in [1.54, 1.807) is 4.90 Å². The average molecular weight is 220 g/mol. The summed E-state index contributed by atoms with van der Waals surface area (Å²) in [5.74, 6) is -0.0354. The molecule has 4 rings (SSSR count). The summed E-state index contributed by atoms with van der Waals surface area (Å²) in [5, 5.41) is 0.765. The van der Waals surface area contributed by atoms with Gasteiger partial charge in [-0.1, -0.05) is 41.9 Å². The fraction of sp³-hybridized carbons (Fsp3) is 0.250. The van der Waals surface area contributed by atoms with Crippen molar-refractivity contribution in [2.24, 2.45) is 0 Å². The topological polar surface area (TPSA) is 20.3 Å². The molecule has 0 N–H and O–H groups in total. The zero-order chi connectivity index (χ0) is 10.6. The van der Waals surface area contributed by atoms with Crippen LogP contribution in [0.2, 0.25) is 0 Å². The van der Waals surface area contributed by atoms with Gasteiger partial charge in [0.05, 0.1) is 12.0 Å². The first-order valence-electron chi connectivity index (χ1n) is 4.93. The molecule has 2 aliphatic heterocycles. The van der Waals surface area contributed by atoms with Gasteiger partial charge in [-0.05, 0) is 11.1 Å². The molecule has 3 heteroatoms. The minimum atomic E-state index is -0.177. The van der Waals surface area contributed by atoms with Crippen LogP contribution in [0.25, 0.3) is 0 Å². The molecule has 0 fully saturated rings. The van der Waals surface area contributed by atoms with Crippen LogP contribution >= 0.6 is 11.6 Å². The van der Waals surface area contributed by atoms with Crippen molar-refractivity contribution < 1.29 is 4.79 Å². The molecule has 1 aliphatic carbocycles. The molecule has 0 spiro atoms. The van der Waals surface area contributed by atoms with Gasteiger partial charge in [0.25, 0.3) is 0 Å². The molecule has 2 bridgehead atoms. The third-order valence-corrected chi connectivity index (χ3v) is 3.55. The smallest absolute Gasteiger partial charge is 0.234 e. The van der Waals surface area contributed by atoms with Crippen LogP contribution in [-0.4, -0.2) is 17.9 Å². The predicted molar refractivity (Wildman–Crippen MR) is 58.6 cm³/mol. The summed E-state index contributed by atoms with van der Waals surface area (Å²) in [5.41, 5.74) is 2.27. The number of nitrogens with zero attached hydrogens (tertiary/aromatic N) is 1. The number of likely N-dealkylation sites (N-methyl/N-ethyl adjacent to an activating group) is 1. The molecule has 76 valence electrons. The van der Waals surface area contributed by atoms with Gasteiger partial charge in [0.15, 0.2) is 0 Å². The maximum Gasteiger partial charge on any atom is 0.234 e. The van der Waals surface area contributed by atoms with Crippen LogP contribution < -0.4 is 0 Å². The fourth-order valence-corrected chi connectivity index (χ4v) is 2.87. The van der Waals surface area contributed by atoms with Crippen molar-refractivity contribution in [1.82, 2.24) is 4.90 Å². The highest BCUT2D eigenvalue weighted by Gasteiger charge is 2.42. The molecule has 1 amide bonds. The first-order valence-corrected chi connectivity index (χ1v) is 5.30. The SMILES string of the molecule is CN1C(=O)C2C=C(Cl)C1c1ccccc12. The molecule has 2 nitrogen and oxygen atoms in total. The van der Waals surface area contributed by atoms with Gasteiger partial charge in [0, 0.05) is 12.1 Å². The third-order valence-electron chi connectivity index (χ3n) is 3.21. The summed E-state index contributed by atoms with van der Waals surface area (Å²) in [4.78, 5) is 13.6. The lowest BCUT2D eigenvalue weighted by Gasteiger charge is -2.41. The minimum absolute atomic E-state index is 0.0691. The fourth-order valence-electron chi connectivity index (χ4n) is 2.48. The molecule has 1 aromatic rings. The maximum atomic E-state index is 11.9. The van der Waals surface area contributed by atoms with Gasteiger partial charge in [-0.15, -0.1) is 0 Å². The second kappa shape index (κ2) is 2.86. The van der Waals surface area contributed by atoms with E-state index in [1.165, 1.54) is 0 Å². The van der Waals surface area contributed by atoms with E-state index >= 15 is 0 Å². The molecule has 2 heterocycles. The number of rotatable bonds is 0. The molecule has 0 saturated heterocycles. The normalized spacial score (nSPS) is 27.7. The standard InChI is InChI=1S/C12H10ClNO/c1-14-11-8-5-3-2-4-7(8)9(12(14)15)6-10(11)13/h2-6,9,11H,1H3. The Hall–Kier alpha value is -1.28. The molecule has 15 heavy (non-hydrogen) atoms. The van der Waals surface area contributed by atoms with Crippen LogP contribution in [0.5, 0.6) is 0 Å². The van der Waals surface area contributed by atoms with Crippen LogP contribution in [-0.2, 0) is 4.79 Å². The Morgan fingerprint density at radius 3 is 2.67 bits per heavy atom. The molecule has 1 aromatic carbocycles. The van der Waals surface area contributed by atoms with Gasteiger partial charge in [-0.2, -0.15) is 0 Å². The Labute approximate surface area is 93.1 Å². The maximum absolute atomic E-state index is 11.9. The predicted octanol–water partition coefficient (Wildman–Crippen LogP) is 2.42. The van der Waals surface area contributed by atoms with Crippen molar-refractivity contribution in [1.29, 1.82) is 0 Å².